The third-order valence-corrected chi connectivity index (χ3v) is 7.35. The molecule has 1 aliphatic heterocycles. The lowest BCUT2D eigenvalue weighted by atomic mass is 10.1. The molecule has 1 aliphatic rings. The lowest BCUT2D eigenvalue weighted by Gasteiger charge is -2.26. The molecule has 32 heavy (non-hydrogen) atoms. The number of nitro benzene ring substituents is 1. The van der Waals surface area contributed by atoms with Crippen molar-refractivity contribution in [3.05, 3.63) is 39.4 Å². The molecule has 16 nitrogen and oxygen atoms in total. The monoisotopic (exact) mass is 496 g/mol. The normalized spacial score (nSPS) is 19.2. The first-order valence-corrected chi connectivity index (χ1v) is 12.2. The summed E-state index contributed by atoms with van der Waals surface area (Å²) in [5.74, 6) is -0.750. The summed E-state index contributed by atoms with van der Waals surface area (Å²) in [4.78, 5) is 59.1. The Kier molecular flexibility index (Phi) is 8.70. The number of amides is 1. The van der Waals surface area contributed by atoms with Crippen LogP contribution in [0.1, 0.15) is 23.2 Å². The summed E-state index contributed by atoms with van der Waals surface area (Å²) in [5, 5.41) is 18.2. The average Bonchev–Trinajstić information content (AvgIpc) is 3.14. The van der Waals surface area contributed by atoms with Crippen LogP contribution < -0.4 is 15.7 Å². The van der Waals surface area contributed by atoms with Crippen LogP contribution in [-0.2, 0) is 13.9 Å². The van der Waals surface area contributed by atoms with Crippen molar-refractivity contribution in [2.75, 3.05) is 19.6 Å². The first-order valence-electron chi connectivity index (χ1n) is 9.08. The Morgan fingerprint density at radius 2 is 1.91 bits per heavy atom. The molecule has 18 heteroatoms. The highest BCUT2D eigenvalue weighted by atomic mass is 31.3. The minimum absolute atomic E-state index is 0.0361. The topological polar surface area (TPSA) is 248 Å². The largest absolute Gasteiger partial charge is 0.502 e. The van der Waals surface area contributed by atoms with Gasteiger partial charge in [-0.25, -0.2) is 9.13 Å². The molecule has 7 N–H and O–H groups in total. The molecular weight excluding hydrogens is 474 g/mol. The first-order chi connectivity index (χ1) is 14.8. The summed E-state index contributed by atoms with van der Waals surface area (Å²) in [7, 11) is -10.4. The Balaban J connectivity index is 1.84. The van der Waals surface area contributed by atoms with Crippen molar-refractivity contribution in [2.24, 2.45) is 0 Å². The molecule has 1 heterocycles. The van der Waals surface area contributed by atoms with Crippen molar-refractivity contribution < 1.29 is 48.3 Å². The van der Waals surface area contributed by atoms with E-state index in [9.17, 15) is 24.0 Å². The van der Waals surface area contributed by atoms with Crippen LogP contribution in [0.5, 0.6) is 0 Å². The first kappa shape index (κ1) is 26.1. The molecule has 0 bridgehead atoms. The predicted molar refractivity (Wildman–Crippen MR) is 106 cm³/mol. The predicted octanol–water partition coefficient (Wildman–Crippen LogP) is -1.36. The zero-order valence-corrected chi connectivity index (χ0v) is 18.2. The van der Waals surface area contributed by atoms with Crippen LogP contribution in [0.15, 0.2) is 18.2 Å². The highest BCUT2D eigenvalue weighted by Crippen LogP contribution is 2.58. The van der Waals surface area contributed by atoms with Gasteiger partial charge in [-0.05, 0) is 12.8 Å². The Labute approximate surface area is 181 Å². The minimum Gasteiger partial charge on any atom is -0.502 e. The highest BCUT2D eigenvalue weighted by molar-refractivity contribution is 7.65. The molecule has 0 aromatic heterocycles. The summed E-state index contributed by atoms with van der Waals surface area (Å²) in [6.45, 7) is -0.480. The number of nitrogens with zero attached hydrogens (tertiary/aromatic N) is 3. The third kappa shape index (κ3) is 7.20. The van der Waals surface area contributed by atoms with Gasteiger partial charge in [-0.3, -0.25) is 25.3 Å². The van der Waals surface area contributed by atoms with Gasteiger partial charge in [-0.15, -0.1) is 4.44 Å². The van der Waals surface area contributed by atoms with Crippen LogP contribution in [0.3, 0.4) is 0 Å². The van der Waals surface area contributed by atoms with Crippen LogP contribution in [-0.4, -0.2) is 66.8 Å². The number of carbonyl (C=O) groups excluding carboxylic acids is 1. The number of nitro groups is 1. The lowest BCUT2D eigenvalue weighted by Crippen LogP contribution is -2.54. The van der Waals surface area contributed by atoms with Gasteiger partial charge in [0, 0.05) is 37.8 Å². The second kappa shape index (κ2) is 10.7. The molecule has 0 saturated carbocycles. The molecule has 0 aliphatic carbocycles. The van der Waals surface area contributed by atoms with Crippen LogP contribution >= 0.6 is 15.5 Å². The molecule has 1 saturated heterocycles. The van der Waals surface area contributed by atoms with Crippen LogP contribution in [0, 0.1) is 10.1 Å². The van der Waals surface area contributed by atoms with Gasteiger partial charge in [-0.1, -0.05) is 0 Å². The fourth-order valence-corrected chi connectivity index (χ4v) is 4.99. The van der Waals surface area contributed by atoms with Crippen molar-refractivity contribution in [3.8, 4) is 0 Å². The van der Waals surface area contributed by atoms with Gasteiger partial charge in [0.15, 0.2) is 5.69 Å². The van der Waals surface area contributed by atoms with E-state index in [1.165, 1.54) is 6.07 Å². The van der Waals surface area contributed by atoms with E-state index in [2.05, 4.69) is 10.6 Å². The molecule has 2 rings (SSSR count). The smallest absolute Gasteiger partial charge is 0.412 e. The number of rotatable bonds is 11. The van der Waals surface area contributed by atoms with E-state index in [4.69, 9.17) is 29.8 Å². The Morgan fingerprint density at radius 3 is 2.47 bits per heavy atom. The van der Waals surface area contributed by atoms with E-state index in [1.54, 1.807) is 5.11 Å². The maximum atomic E-state index is 12.3. The zero-order chi connectivity index (χ0) is 24.1. The minimum atomic E-state index is -5.20. The summed E-state index contributed by atoms with van der Waals surface area (Å²) < 4.78 is 27.9. The Bertz CT molecular complexity index is 943. The van der Waals surface area contributed by atoms with Gasteiger partial charge in [0.05, 0.1) is 11.0 Å². The van der Waals surface area contributed by atoms with Crippen molar-refractivity contribution in [1.82, 2.24) is 15.1 Å². The quantitative estimate of drug-likeness (QED) is 0.0617. The van der Waals surface area contributed by atoms with Crippen LogP contribution in [0.2, 0.25) is 0 Å². The van der Waals surface area contributed by atoms with Crippen LogP contribution in [0.25, 0.3) is 5.53 Å². The second-order valence-electron chi connectivity index (χ2n) is 6.72. The number of ether oxygens (including phenoxy) is 1. The van der Waals surface area contributed by atoms with Gasteiger partial charge in [0.1, 0.15) is 11.8 Å². The molecule has 1 fully saturated rings. The molecule has 1 aromatic carbocycles. The SMILES string of the molecule is [N-]=[NH+]c1ccc([N+](=O)[O-])c(C(=O)NCCNC2CCC(CN(P(=O)(O)O)P(=O)(O)O)O2)c1. The summed E-state index contributed by atoms with van der Waals surface area (Å²) in [6.07, 6.45) is -0.791. The highest BCUT2D eigenvalue weighted by Gasteiger charge is 2.42. The van der Waals surface area contributed by atoms with Crippen LogP contribution in [0.4, 0.5) is 11.4 Å². The standard InChI is InChI=1S/C14H22N6O10P2/c15-18-9-1-3-12(20(22)23)11(7-9)14(21)17-6-5-16-13-4-2-10(30-13)8-19(31(24,25)26)32(27,28)29/h1,3,7,10,13,16,18H,2,4-6,8H2,(H,17,21)(H2,24,25,26)(H2,27,28,29). The van der Waals surface area contributed by atoms with Gasteiger partial charge in [0.25, 0.3) is 11.6 Å². The Morgan fingerprint density at radius 1 is 1.25 bits per heavy atom. The molecule has 178 valence electrons. The fourth-order valence-electron chi connectivity index (χ4n) is 2.99. The van der Waals surface area contributed by atoms with Crippen molar-refractivity contribution in [1.29, 1.82) is 0 Å². The van der Waals surface area contributed by atoms with Gasteiger partial charge < -0.3 is 35.2 Å². The van der Waals surface area contributed by atoms with Gasteiger partial charge in [0.2, 0.25) is 0 Å². The number of carbonyl (C=O) groups is 1. The average molecular weight is 496 g/mol. The van der Waals surface area contributed by atoms with E-state index < -0.39 is 50.9 Å². The van der Waals surface area contributed by atoms with Gasteiger partial charge >= 0.3 is 15.5 Å². The maximum Gasteiger partial charge on any atom is 0.412 e. The third-order valence-electron chi connectivity index (χ3n) is 4.43. The van der Waals surface area contributed by atoms with Crippen molar-refractivity contribution in [2.45, 2.75) is 25.2 Å². The van der Waals surface area contributed by atoms with E-state index in [1.807, 2.05) is 0 Å². The summed E-state index contributed by atoms with van der Waals surface area (Å²) in [6, 6.07) is 3.40. The molecule has 1 amide bonds. The maximum absolute atomic E-state index is 12.3. The number of hydrogen-bond acceptors (Lipinski definition) is 7. The lowest BCUT2D eigenvalue weighted by molar-refractivity contribution is -0.387. The fraction of sp³-hybridized carbons (Fsp3) is 0.500. The van der Waals surface area contributed by atoms with Crippen molar-refractivity contribution in [3.63, 3.8) is 0 Å². The zero-order valence-electron chi connectivity index (χ0n) is 16.4. The van der Waals surface area contributed by atoms with Gasteiger partial charge in [-0.2, -0.15) is 0 Å². The van der Waals surface area contributed by atoms with E-state index >= 15 is 0 Å². The molecular formula is C14H22N6O10P2. The van der Waals surface area contributed by atoms with E-state index in [0.29, 0.717) is 6.42 Å². The van der Waals surface area contributed by atoms with Crippen molar-refractivity contribution >= 4 is 32.8 Å². The number of hydrogen-bond donors (Lipinski definition) is 7. The Hall–Kier alpha value is -2.13. The molecule has 0 spiro atoms. The summed E-state index contributed by atoms with van der Waals surface area (Å²) in [5.41, 5.74) is 8.28. The summed E-state index contributed by atoms with van der Waals surface area (Å²) >= 11 is 0. The van der Waals surface area contributed by atoms with E-state index in [-0.39, 0.29) is 35.2 Å². The van der Waals surface area contributed by atoms with E-state index in [0.717, 1.165) is 12.1 Å². The number of nitrogens with one attached hydrogen (secondary N) is 3. The number of benzene rings is 1. The molecule has 1 aromatic rings. The molecule has 2 unspecified atom stereocenters. The second-order valence-corrected chi connectivity index (χ2v) is 10.1. The molecule has 2 atom stereocenters. The molecule has 0 radical (unpaired) electrons.